The number of carbonyl (C=O) groups excluding carboxylic acids is 1. The van der Waals surface area contributed by atoms with Gasteiger partial charge >= 0.3 is 0 Å². The number of para-hydroxylation sites is 1. The van der Waals surface area contributed by atoms with Gasteiger partial charge in [0.1, 0.15) is 17.4 Å². The zero-order valence-electron chi connectivity index (χ0n) is 18.2. The summed E-state index contributed by atoms with van der Waals surface area (Å²) in [5.74, 6) is -0.134. The second-order valence-corrected chi connectivity index (χ2v) is 9.34. The molecular formula is C27H25FN2O2S. The molecule has 4 nitrogen and oxygen atoms in total. The molecule has 0 N–H and O–H groups in total. The normalized spacial score (nSPS) is 14.7. The maximum absolute atomic E-state index is 13.9. The largest absolute Gasteiger partial charge is 0.467 e. The molecule has 1 aliphatic heterocycles. The maximum Gasteiger partial charge on any atom is 0.274 e. The number of hydrogen-bond donors (Lipinski definition) is 0. The van der Waals surface area contributed by atoms with Gasteiger partial charge in [0.15, 0.2) is 0 Å². The summed E-state index contributed by atoms with van der Waals surface area (Å²) in [6, 6.07) is 25.4. The molecule has 0 radical (unpaired) electrons. The van der Waals surface area contributed by atoms with Crippen molar-refractivity contribution in [2.24, 2.45) is 0 Å². The first-order valence-corrected chi connectivity index (χ1v) is 12.1. The van der Waals surface area contributed by atoms with Crippen LogP contribution in [0.2, 0.25) is 0 Å². The molecule has 2 heterocycles. The van der Waals surface area contributed by atoms with Crippen molar-refractivity contribution in [3.63, 3.8) is 0 Å². The highest BCUT2D eigenvalue weighted by molar-refractivity contribution is 7.20. The fourth-order valence-electron chi connectivity index (χ4n) is 4.41. The van der Waals surface area contributed by atoms with E-state index < -0.39 is 0 Å². The first-order valence-electron chi connectivity index (χ1n) is 11.3. The smallest absolute Gasteiger partial charge is 0.274 e. The van der Waals surface area contributed by atoms with Crippen LogP contribution in [0.3, 0.4) is 0 Å². The third-order valence-electron chi connectivity index (χ3n) is 6.19. The number of piperidine rings is 1. The number of rotatable bonds is 6. The van der Waals surface area contributed by atoms with Gasteiger partial charge in [-0.25, -0.2) is 4.39 Å². The molecular weight excluding hydrogens is 435 g/mol. The van der Waals surface area contributed by atoms with Crippen LogP contribution in [0.5, 0.6) is 5.19 Å². The Bertz CT molecular complexity index is 1180. The summed E-state index contributed by atoms with van der Waals surface area (Å²) in [6.07, 6.45) is 1.91. The van der Waals surface area contributed by atoms with E-state index in [4.69, 9.17) is 4.74 Å². The van der Waals surface area contributed by atoms with E-state index in [0.29, 0.717) is 30.2 Å². The van der Waals surface area contributed by atoms with E-state index in [9.17, 15) is 9.18 Å². The standard InChI is InChI=1S/C27H25FN2O2S/c28-23-12-7-13-24-26(23)29-27(33-24)32-21-14-16-30(17-15-21)25(31)18-22(19-8-3-1-4-9-19)20-10-5-2-6-11-20/h1-13,21-22H,14-18H2. The Morgan fingerprint density at radius 3 is 2.21 bits per heavy atom. The number of thiazole rings is 1. The van der Waals surface area contributed by atoms with E-state index in [1.54, 1.807) is 6.07 Å². The second-order valence-electron chi connectivity index (χ2n) is 8.34. The molecule has 33 heavy (non-hydrogen) atoms. The molecule has 1 amide bonds. The van der Waals surface area contributed by atoms with E-state index in [0.717, 1.165) is 28.7 Å². The number of benzene rings is 3. The number of hydrogen-bond acceptors (Lipinski definition) is 4. The van der Waals surface area contributed by atoms with Gasteiger partial charge in [0, 0.05) is 38.3 Å². The van der Waals surface area contributed by atoms with Crippen molar-refractivity contribution in [1.29, 1.82) is 0 Å². The quantitative estimate of drug-likeness (QED) is 0.353. The van der Waals surface area contributed by atoms with Crippen LogP contribution in [0.25, 0.3) is 10.2 Å². The molecule has 1 aliphatic rings. The van der Waals surface area contributed by atoms with Crippen molar-refractivity contribution >= 4 is 27.5 Å². The lowest BCUT2D eigenvalue weighted by atomic mass is 9.88. The molecule has 1 fully saturated rings. The Balaban J connectivity index is 1.22. The van der Waals surface area contributed by atoms with Gasteiger partial charge in [-0.3, -0.25) is 4.79 Å². The van der Waals surface area contributed by atoms with Crippen LogP contribution in [0.4, 0.5) is 4.39 Å². The van der Waals surface area contributed by atoms with Crippen LogP contribution in [-0.2, 0) is 4.79 Å². The minimum absolute atomic E-state index is 0.0169. The minimum Gasteiger partial charge on any atom is -0.467 e. The summed E-state index contributed by atoms with van der Waals surface area (Å²) in [5, 5.41) is 0.494. The number of carbonyl (C=O) groups is 1. The molecule has 0 saturated carbocycles. The minimum atomic E-state index is -0.328. The predicted octanol–water partition coefficient (Wildman–Crippen LogP) is 6.03. The number of aromatic nitrogens is 1. The van der Waals surface area contributed by atoms with Crippen molar-refractivity contribution in [3.05, 3.63) is 95.8 Å². The summed E-state index contributed by atoms with van der Waals surface area (Å²) in [4.78, 5) is 19.5. The first kappa shape index (κ1) is 21.6. The molecule has 5 rings (SSSR count). The van der Waals surface area contributed by atoms with E-state index in [2.05, 4.69) is 29.2 Å². The Morgan fingerprint density at radius 2 is 1.61 bits per heavy atom. The Kier molecular flexibility index (Phi) is 6.35. The zero-order valence-corrected chi connectivity index (χ0v) is 19.0. The molecule has 0 unspecified atom stereocenters. The highest BCUT2D eigenvalue weighted by atomic mass is 32.1. The SMILES string of the molecule is O=C(CC(c1ccccc1)c1ccccc1)N1CCC(Oc2nc3c(F)cccc3s2)CC1. The van der Waals surface area contributed by atoms with Crippen molar-refractivity contribution in [2.45, 2.75) is 31.3 Å². The lowest BCUT2D eigenvalue weighted by molar-refractivity contribution is -0.133. The molecule has 0 aliphatic carbocycles. The molecule has 0 atom stereocenters. The van der Waals surface area contributed by atoms with Gasteiger partial charge in [-0.05, 0) is 23.3 Å². The summed E-state index contributed by atoms with van der Waals surface area (Å²) in [6.45, 7) is 1.30. The van der Waals surface area contributed by atoms with Crippen molar-refractivity contribution in [1.82, 2.24) is 9.88 Å². The molecule has 3 aromatic carbocycles. The van der Waals surface area contributed by atoms with E-state index in [-0.39, 0.29) is 23.7 Å². The average molecular weight is 461 g/mol. The van der Waals surface area contributed by atoms with Crippen LogP contribution in [-0.4, -0.2) is 35.0 Å². The van der Waals surface area contributed by atoms with E-state index in [1.165, 1.54) is 17.4 Å². The second kappa shape index (κ2) is 9.71. The van der Waals surface area contributed by atoms with Gasteiger partial charge in [0.25, 0.3) is 5.19 Å². The molecule has 6 heteroatoms. The molecule has 1 aromatic heterocycles. The zero-order chi connectivity index (χ0) is 22.6. The van der Waals surface area contributed by atoms with Gasteiger partial charge in [-0.15, -0.1) is 0 Å². The van der Waals surface area contributed by atoms with Gasteiger partial charge < -0.3 is 9.64 Å². The van der Waals surface area contributed by atoms with Gasteiger partial charge in [-0.2, -0.15) is 4.98 Å². The molecule has 0 bridgehead atoms. The fourth-order valence-corrected chi connectivity index (χ4v) is 5.31. The Labute approximate surface area is 196 Å². The summed E-state index contributed by atoms with van der Waals surface area (Å²) < 4.78 is 20.7. The lowest BCUT2D eigenvalue weighted by Gasteiger charge is -2.32. The highest BCUT2D eigenvalue weighted by Gasteiger charge is 2.27. The Morgan fingerprint density at radius 1 is 0.970 bits per heavy atom. The fraction of sp³-hybridized carbons (Fsp3) is 0.259. The average Bonchev–Trinajstić information content (AvgIpc) is 3.28. The molecule has 1 saturated heterocycles. The van der Waals surface area contributed by atoms with E-state index >= 15 is 0 Å². The number of amides is 1. The van der Waals surface area contributed by atoms with Crippen molar-refractivity contribution in [2.75, 3.05) is 13.1 Å². The van der Waals surface area contributed by atoms with Crippen LogP contribution >= 0.6 is 11.3 Å². The third-order valence-corrected chi connectivity index (χ3v) is 7.11. The molecule has 4 aromatic rings. The lowest BCUT2D eigenvalue weighted by Crippen LogP contribution is -2.42. The van der Waals surface area contributed by atoms with Crippen LogP contribution in [0.15, 0.2) is 78.9 Å². The highest BCUT2D eigenvalue weighted by Crippen LogP contribution is 2.32. The number of halogens is 1. The van der Waals surface area contributed by atoms with Gasteiger partial charge in [-0.1, -0.05) is 78.1 Å². The third kappa shape index (κ3) is 4.91. The summed E-state index contributed by atoms with van der Waals surface area (Å²) >= 11 is 1.36. The first-order chi connectivity index (χ1) is 16.2. The van der Waals surface area contributed by atoms with Crippen LogP contribution in [0, 0.1) is 5.82 Å². The Hall–Kier alpha value is -3.25. The van der Waals surface area contributed by atoms with Crippen LogP contribution < -0.4 is 4.74 Å². The van der Waals surface area contributed by atoms with Gasteiger partial charge in [0.2, 0.25) is 5.91 Å². The van der Waals surface area contributed by atoms with Gasteiger partial charge in [0.05, 0.1) is 4.70 Å². The maximum atomic E-state index is 13.9. The number of ether oxygens (including phenoxy) is 1. The topological polar surface area (TPSA) is 42.4 Å². The van der Waals surface area contributed by atoms with E-state index in [1.807, 2.05) is 47.4 Å². The summed E-state index contributed by atoms with van der Waals surface area (Å²) in [7, 11) is 0. The van der Waals surface area contributed by atoms with Crippen LogP contribution in [0.1, 0.15) is 36.3 Å². The predicted molar refractivity (Wildman–Crippen MR) is 129 cm³/mol. The number of nitrogens with zero attached hydrogens (tertiary/aromatic N) is 2. The molecule has 0 spiro atoms. The van der Waals surface area contributed by atoms with Crippen molar-refractivity contribution in [3.8, 4) is 5.19 Å². The molecule has 168 valence electrons. The number of likely N-dealkylation sites (tertiary alicyclic amines) is 1. The number of fused-ring (bicyclic) bond motifs is 1. The van der Waals surface area contributed by atoms with Crippen molar-refractivity contribution < 1.29 is 13.9 Å². The monoisotopic (exact) mass is 460 g/mol. The summed E-state index contributed by atoms with van der Waals surface area (Å²) in [5.41, 5.74) is 2.66.